The first-order valence-electron chi connectivity index (χ1n) is 17.4. The molecule has 1 unspecified atom stereocenters. The molecule has 1 spiro atoms. The van der Waals surface area contributed by atoms with Crippen molar-refractivity contribution in [3.8, 4) is 33.8 Å². The van der Waals surface area contributed by atoms with Crippen molar-refractivity contribution in [1.82, 2.24) is 9.88 Å². The van der Waals surface area contributed by atoms with Gasteiger partial charge in [0.05, 0.1) is 16.8 Å². The molecule has 0 bridgehead atoms. The van der Waals surface area contributed by atoms with Gasteiger partial charge < -0.3 is 9.64 Å². The summed E-state index contributed by atoms with van der Waals surface area (Å²) in [5, 5.41) is 0. The zero-order valence-electron chi connectivity index (χ0n) is 28.1. The molecule has 0 N–H and O–H groups in total. The fourth-order valence-corrected chi connectivity index (χ4v) is 8.50. The lowest BCUT2D eigenvalue weighted by atomic mass is 9.65. The third-order valence-electron chi connectivity index (χ3n) is 10.7. The van der Waals surface area contributed by atoms with Crippen LogP contribution in [0.4, 0.5) is 0 Å². The predicted octanol–water partition coefficient (Wildman–Crippen LogP) is 10.7. The normalized spacial score (nSPS) is 16.3. The van der Waals surface area contributed by atoms with Gasteiger partial charge in [0.15, 0.2) is 0 Å². The van der Waals surface area contributed by atoms with E-state index in [4.69, 9.17) is 14.7 Å². The maximum Gasteiger partial charge on any atom is 0.147 e. The minimum atomic E-state index is -0.527. The summed E-state index contributed by atoms with van der Waals surface area (Å²) in [5.74, 6) is 1.76. The number of benzene rings is 6. The average molecular weight is 656 g/mol. The fraction of sp³-hybridized carbons (Fsp3) is 0.0638. The minimum Gasteiger partial charge on any atom is -0.456 e. The number of para-hydroxylation sites is 2. The highest BCUT2D eigenvalue weighted by molar-refractivity contribution is 6.12. The number of hydrogen-bond acceptors (Lipinski definition) is 4. The number of hydrogen-bond donors (Lipinski definition) is 0. The van der Waals surface area contributed by atoms with Crippen LogP contribution in [0.2, 0.25) is 0 Å². The lowest BCUT2D eigenvalue weighted by Crippen LogP contribution is -2.32. The monoisotopic (exact) mass is 655 g/mol. The number of aromatic nitrogens is 1. The van der Waals surface area contributed by atoms with Gasteiger partial charge in [0.25, 0.3) is 0 Å². The van der Waals surface area contributed by atoms with Gasteiger partial charge in [-0.05, 0) is 57.7 Å². The molecule has 242 valence electrons. The molecular weight excluding hydrogens is 623 g/mol. The highest BCUT2D eigenvalue weighted by atomic mass is 16.5. The molecule has 3 heterocycles. The van der Waals surface area contributed by atoms with Crippen molar-refractivity contribution >= 4 is 11.4 Å². The average Bonchev–Trinajstić information content (AvgIpc) is 3.49. The van der Waals surface area contributed by atoms with Crippen LogP contribution in [0, 0.1) is 0 Å². The second-order valence-corrected chi connectivity index (χ2v) is 13.3. The van der Waals surface area contributed by atoms with Gasteiger partial charge in [-0.15, -0.1) is 0 Å². The molecule has 0 fully saturated rings. The number of nitrogens with zero attached hydrogens (tertiary/aromatic N) is 3. The maximum atomic E-state index is 7.06. The summed E-state index contributed by atoms with van der Waals surface area (Å²) in [6.07, 6.45) is 3.78. The Hall–Kier alpha value is -6.52. The number of ether oxygens (including phenoxy) is 1. The first-order valence-corrected chi connectivity index (χ1v) is 17.4. The van der Waals surface area contributed by atoms with E-state index in [1.807, 2.05) is 30.5 Å². The molecule has 1 aliphatic carbocycles. The van der Waals surface area contributed by atoms with Crippen molar-refractivity contribution in [2.24, 2.45) is 4.99 Å². The molecule has 1 aromatic heterocycles. The molecule has 6 aromatic carbocycles. The number of allylic oxidation sites excluding steroid dienone is 1. The van der Waals surface area contributed by atoms with E-state index < -0.39 is 5.41 Å². The number of rotatable bonds is 4. The zero-order valence-corrected chi connectivity index (χ0v) is 28.1. The topological polar surface area (TPSA) is 37.7 Å². The Bertz CT molecular complexity index is 2490. The van der Waals surface area contributed by atoms with E-state index in [2.05, 4.69) is 158 Å². The smallest absolute Gasteiger partial charge is 0.147 e. The van der Waals surface area contributed by atoms with Crippen LogP contribution >= 0.6 is 0 Å². The first-order chi connectivity index (χ1) is 25.2. The van der Waals surface area contributed by atoms with Gasteiger partial charge in [-0.3, -0.25) is 9.98 Å². The molecule has 2 aliphatic heterocycles. The van der Waals surface area contributed by atoms with Crippen LogP contribution in [0.1, 0.15) is 45.2 Å². The van der Waals surface area contributed by atoms with Crippen LogP contribution < -0.4 is 4.74 Å². The van der Waals surface area contributed by atoms with Crippen molar-refractivity contribution in [2.75, 3.05) is 7.05 Å². The van der Waals surface area contributed by atoms with Crippen LogP contribution in [-0.2, 0) is 5.41 Å². The molecule has 7 aromatic rings. The second kappa shape index (κ2) is 11.5. The SMILES string of the molecule is CN1C(c2ccccc2-c2cccc3c2Oc2ccccc2C32c3ccccc3-c3ccccc32)=CC(c2ccccn2)=NC1c1ccccc1. The molecule has 0 amide bonds. The largest absolute Gasteiger partial charge is 0.456 e. The predicted molar refractivity (Wildman–Crippen MR) is 205 cm³/mol. The van der Waals surface area contributed by atoms with Crippen molar-refractivity contribution < 1.29 is 4.74 Å². The molecule has 0 saturated carbocycles. The third-order valence-corrected chi connectivity index (χ3v) is 10.7. The number of pyridine rings is 1. The molecule has 1 atom stereocenters. The molecule has 0 saturated heterocycles. The van der Waals surface area contributed by atoms with E-state index >= 15 is 0 Å². The van der Waals surface area contributed by atoms with E-state index in [0.717, 1.165) is 62.0 Å². The highest BCUT2D eigenvalue weighted by Crippen LogP contribution is 2.63. The van der Waals surface area contributed by atoms with E-state index in [0.29, 0.717) is 0 Å². The van der Waals surface area contributed by atoms with Crippen LogP contribution in [0.25, 0.3) is 28.0 Å². The molecule has 10 rings (SSSR count). The van der Waals surface area contributed by atoms with Gasteiger partial charge in [-0.2, -0.15) is 0 Å². The Morgan fingerprint density at radius 1 is 0.529 bits per heavy atom. The molecule has 4 heteroatoms. The lowest BCUT2D eigenvalue weighted by molar-refractivity contribution is 0.364. The number of fused-ring (bicyclic) bond motifs is 9. The van der Waals surface area contributed by atoms with Gasteiger partial charge in [-0.1, -0.05) is 146 Å². The van der Waals surface area contributed by atoms with E-state index in [1.165, 1.54) is 22.3 Å². The highest BCUT2D eigenvalue weighted by Gasteiger charge is 2.51. The maximum absolute atomic E-state index is 7.06. The summed E-state index contributed by atoms with van der Waals surface area (Å²) in [7, 11) is 2.13. The van der Waals surface area contributed by atoms with Gasteiger partial charge in [0, 0.05) is 41.2 Å². The third kappa shape index (κ3) is 4.33. The Morgan fingerprint density at radius 3 is 1.84 bits per heavy atom. The molecule has 51 heavy (non-hydrogen) atoms. The molecule has 4 nitrogen and oxygen atoms in total. The summed E-state index contributed by atoms with van der Waals surface area (Å²) < 4.78 is 7.06. The quantitative estimate of drug-likeness (QED) is 0.189. The van der Waals surface area contributed by atoms with Crippen molar-refractivity contribution in [3.05, 3.63) is 215 Å². The summed E-state index contributed by atoms with van der Waals surface area (Å²) in [5.41, 5.74) is 14.0. The van der Waals surface area contributed by atoms with Gasteiger partial charge >= 0.3 is 0 Å². The Morgan fingerprint density at radius 2 is 1.12 bits per heavy atom. The van der Waals surface area contributed by atoms with Crippen molar-refractivity contribution in [3.63, 3.8) is 0 Å². The molecular formula is C47H33N3O. The van der Waals surface area contributed by atoms with Crippen LogP contribution in [0.5, 0.6) is 11.5 Å². The Balaban J connectivity index is 1.21. The minimum absolute atomic E-state index is 0.223. The molecule has 3 aliphatic rings. The molecule has 0 radical (unpaired) electrons. The van der Waals surface area contributed by atoms with Crippen molar-refractivity contribution in [1.29, 1.82) is 0 Å². The summed E-state index contributed by atoms with van der Waals surface area (Å²) in [4.78, 5) is 12.2. The van der Waals surface area contributed by atoms with E-state index in [1.54, 1.807) is 0 Å². The summed E-state index contributed by atoms with van der Waals surface area (Å²) in [6, 6.07) is 58.1. The zero-order chi connectivity index (χ0) is 33.9. The van der Waals surface area contributed by atoms with Gasteiger partial charge in [0.1, 0.15) is 17.7 Å². The summed E-state index contributed by atoms with van der Waals surface area (Å²) in [6.45, 7) is 0. The van der Waals surface area contributed by atoms with Crippen LogP contribution in [0.15, 0.2) is 181 Å². The second-order valence-electron chi connectivity index (χ2n) is 13.3. The summed E-state index contributed by atoms with van der Waals surface area (Å²) >= 11 is 0. The lowest BCUT2D eigenvalue weighted by Gasteiger charge is -2.40. The van der Waals surface area contributed by atoms with Crippen LogP contribution in [-0.4, -0.2) is 22.6 Å². The van der Waals surface area contributed by atoms with Crippen molar-refractivity contribution in [2.45, 2.75) is 11.6 Å². The standard InChI is InChI=1S/C47H33N3O/c1-50-43(30-42(41-27-13-14-29-48-41)49-46(50)31-16-3-2-4-17-31)35-21-6-5-18-32(35)36-22-15-26-40-45(36)51-44-28-12-11-25-39(44)47(40)37-23-9-7-19-33(37)34-20-8-10-24-38(34)47/h2-30,46H,1H3. The van der Waals surface area contributed by atoms with Crippen LogP contribution in [0.3, 0.4) is 0 Å². The Labute approximate surface area is 297 Å². The van der Waals surface area contributed by atoms with E-state index in [-0.39, 0.29) is 6.17 Å². The number of aliphatic imine (C=N–C) groups is 1. The van der Waals surface area contributed by atoms with Gasteiger partial charge in [-0.25, -0.2) is 0 Å². The van der Waals surface area contributed by atoms with E-state index in [9.17, 15) is 0 Å². The Kier molecular flexibility index (Phi) is 6.65. The first kappa shape index (κ1) is 29.4. The van der Waals surface area contributed by atoms with Gasteiger partial charge in [0.2, 0.25) is 0 Å². The fourth-order valence-electron chi connectivity index (χ4n) is 8.50.